The molecule has 0 spiro atoms. The van der Waals surface area contributed by atoms with Crippen LogP contribution in [-0.4, -0.2) is 45.2 Å². The van der Waals surface area contributed by atoms with Gasteiger partial charge in [-0.15, -0.1) is 0 Å². The van der Waals surface area contributed by atoms with Crippen molar-refractivity contribution in [3.63, 3.8) is 0 Å². The molecule has 0 aliphatic heterocycles. The van der Waals surface area contributed by atoms with E-state index in [1.807, 2.05) is 6.92 Å². The van der Waals surface area contributed by atoms with Crippen molar-refractivity contribution in [1.82, 2.24) is 0 Å². The van der Waals surface area contributed by atoms with Crippen molar-refractivity contribution in [2.45, 2.75) is 40.0 Å². The zero-order valence-corrected chi connectivity index (χ0v) is 11.0. The van der Waals surface area contributed by atoms with Crippen LogP contribution in [0.15, 0.2) is 0 Å². The van der Waals surface area contributed by atoms with Gasteiger partial charge in [0.25, 0.3) is 0 Å². The van der Waals surface area contributed by atoms with Crippen LogP contribution in [0.4, 0.5) is 0 Å². The Bertz CT molecular complexity index is 220. The third-order valence-electron chi connectivity index (χ3n) is 2.67. The maximum absolute atomic E-state index is 11.0. The molecule has 5 heteroatoms. The Balaban J connectivity index is -0.000000282. The van der Waals surface area contributed by atoms with Gasteiger partial charge in [-0.3, -0.25) is 9.59 Å². The second-order valence-electron chi connectivity index (χ2n) is 3.84. The predicted molar refractivity (Wildman–Crippen MR) is 60.0 cm³/mol. The number of rotatable bonds is 6. The fourth-order valence-electron chi connectivity index (χ4n) is 1.54. The van der Waals surface area contributed by atoms with Gasteiger partial charge in [0, 0.05) is 0 Å². The number of hydrogen-bond donors (Lipinski definition) is 2. The third-order valence-corrected chi connectivity index (χ3v) is 2.67. The monoisotopic (exact) mass is 228 g/mol. The Morgan fingerprint density at radius 1 is 1.27 bits per heavy atom. The molecule has 15 heavy (non-hydrogen) atoms. The van der Waals surface area contributed by atoms with E-state index in [0.717, 1.165) is 6.42 Å². The predicted octanol–water partition coefficient (Wildman–Crippen LogP) is 1.83. The molecule has 0 atom stereocenters. The topological polar surface area (TPSA) is 74.6 Å². The van der Waals surface area contributed by atoms with E-state index in [-0.39, 0.29) is 32.3 Å². The van der Waals surface area contributed by atoms with Gasteiger partial charge in [0.1, 0.15) is 0 Å². The Labute approximate surface area is 109 Å². The van der Waals surface area contributed by atoms with Gasteiger partial charge in [-0.2, -0.15) is 0 Å². The summed E-state index contributed by atoms with van der Waals surface area (Å²) < 4.78 is 0. The summed E-state index contributed by atoms with van der Waals surface area (Å²) in [6.07, 6.45) is 1.62. The number of carbonyl (C=O) groups is 2. The maximum Gasteiger partial charge on any atom is 2.00 e. The molecule has 0 aromatic heterocycles. The summed E-state index contributed by atoms with van der Waals surface area (Å²) >= 11 is 0. The molecule has 0 bridgehead atoms. The molecule has 4 nitrogen and oxygen atoms in total. The Kier molecular flexibility index (Phi) is 8.05. The first-order valence-corrected chi connectivity index (χ1v) is 4.86. The van der Waals surface area contributed by atoms with Crippen molar-refractivity contribution < 1.29 is 22.7 Å². The summed E-state index contributed by atoms with van der Waals surface area (Å²) in [4.78, 5) is 22.1. The third kappa shape index (κ3) is 3.64. The fourth-order valence-corrected chi connectivity index (χ4v) is 1.54. The number of hydrogen-bond acceptors (Lipinski definition) is 2. The molecule has 0 heterocycles. The van der Waals surface area contributed by atoms with Gasteiger partial charge in [0.05, 0.1) is 0 Å². The van der Waals surface area contributed by atoms with E-state index in [1.54, 1.807) is 13.8 Å². The Hall–Kier alpha value is -0.294. The van der Waals surface area contributed by atoms with Crippen LogP contribution in [0.3, 0.4) is 0 Å². The second kappa shape index (κ2) is 7.06. The molecule has 0 radical (unpaired) electrons. The van der Waals surface area contributed by atoms with E-state index < -0.39 is 23.3 Å². The Morgan fingerprint density at radius 3 is 1.87 bits per heavy atom. The summed E-state index contributed by atoms with van der Waals surface area (Å²) in [5.74, 6) is -2.86. The van der Waals surface area contributed by atoms with Gasteiger partial charge < -0.3 is 13.1 Å². The average molecular weight is 229 g/mol. The SMILES string of the molecule is CCCCC(C(=O)O)(C(=O)O)C(C)C.[H-].[H-].[Mg+2]. The van der Waals surface area contributed by atoms with Gasteiger partial charge in [-0.1, -0.05) is 33.6 Å². The number of aliphatic carboxylic acids is 2. The van der Waals surface area contributed by atoms with Gasteiger partial charge in [0.2, 0.25) is 0 Å². The first kappa shape index (κ1) is 17.1. The van der Waals surface area contributed by atoms with E-state index in [1.165, 1.54) is 0 Å². The van der Waals surface area contributed by atoms with Crippen molar-refractivity contribution >= 4 is 35.0 Å². The zero-order valence-electron chi connectivity index (χ0n) is 11.6. The van der Waals surface area contributed by atoms with Crippen LogP contribution in [0.2, 0.25) is 0 Å². The smallest absolute Gasteiger partial charge is 1.00 e. The van der Waals surface area contributed by atoms with Crippen molar-refractivity contribution in [1.29, 1.82) is 0 Å². The summed E-state index contributed by atoms with van der Waals surface area (Å²) in [6, 6.07) is 0. The summed E-state index contributed by atoms with van der Waals surface area (Å²) in [7, 11) is 0. The molecule has 0 aromatic rings. The van der Waals surface area contributed by atoms with Crippen molar-refractivity contribution in [2.24, 2.45) is 11.3 Å². The van der Waals surface area contributed by atoms with Crippen LogP contribution in [0.1, 0.15) is 42.9 Å². The number of carboxylic acid groups (broad SMARTS) is 2. The van der Waals surface area contributed by atoms with Crippen molar-refractivity contribution in [2.75, 3.05) is 0 Å². The largest absolute Gasteiger partial charge is 2.00 e. The van der Waals surface area contributed by atoms with Gasteiger partial charge in [-0.25, -0.2) is 0 Å². The normalized spacial score (nSPS) is 10.9. The zero-order chi connectivity index (χ0) is 11.4. The minimum Gasteiger partial charge on any atom is -1.00 e. The summed E-state index contributed by atoms with van der Waals surface area (Å²) in [5, 5.41) is 18.0. The van der Waals surface area contributed by atoms with Crippen LogP contribution in [0.25, 0.3) is 0 Å². The van der Waals surface area contributed by atoms with E-state index in [2.05, 4.69) is 0 Å². The molecular weight excluding hydrogens is 208 g/mol. The molecule has 0 aliphatic rings. The number of unbranched alkanes of at least 4 members (excludes halogenated alkanes) is 1. The number of carboxylic acids is 2. The van der Waals surface area contributed by atoms with Crippen LogP contribution < -0.4 is 0 Å². The van der Waals surface area contributed by atoms with Crippen LogP contribution >= 0.6 is 0 Å². The first-order valence-electron chi connectivity index (χ1n) is 4.86. The second-order valence-corrected chi connectivity index (χ2v) is 3.84. The van der Waals surface area contributed by atoms with Gasteiger partial charge in [-0.05, 0) is 12.3 Å². The molecule has 0 saturated carbocycles. The molecule has 0 aliphatic carbocycles. The minimum absolute atomic E-state index is 0. The van der Waals surface area contributed by atoms with E-state index in [0.29, 0.717) is 6.42 Å². The first-order chi connectivity index (χ1) is 6.39. The minimum atomic E-state index is -1.62. The van der Waals surface area contributed by atoms with Crippen molar-refractivity contribution in [3.05, 3.63) is 0 Å². The molecule has 0 aromatic carbocycles. The molecule has 86 valence electrons. The van der Waals surface area contributed by atoms with Crippen LogP contribution in [0.5, 0.6) is 0 Å². The van der Waals surface area contributed by atoms with Gasteiger partial charge in [0.15, 0.2) is 5.41 Å². The standard InChI is InChI=1S/C10H18O4.Mg.2H/c1-4-5-6-10(7(2)3,8(11)12)9(13)14;;;/h7H,4-6H2,1-3H3,(H,11,12)(H,13,14);;;/q;+2;2*-1. The Morgan fingerprint density at radius 2 is 1.67 bits per heavy atom. The van der Waals surface area contributed by atoms with Crippen LogP contribution in [-0.2, 0) is 9.59 Å². The van der Waals surface area contributed by atoms with Gasteiger partial charge >= 0.3 is 35.0 Å². The molecule has 2 N–H and O–H groups in total. The maximum atomic E-state index is 11.0. The summed E-state index contributed by atoms with van der Waals surface area (Å²) in [5.41, 5.74) is -1.62. The summed E-state index contributed by atoms with van der Waals surface area (Å²) in [6.45, 7) is 5.19. The van der Waals surface area contributed by atoms with E-state index in [4.69, 9.17) is 10.2 Å². The quantitative estimate of drug-likeness (QED) is 0.537. The van der Waals surface area contributed by atoms with E-state index >= 15 is 0 Å². The fraction of sp³-hybridized carbons (Fsp3) is 0.800. The molecule has 0 unspecified atom stereocenters. The molecule has 0 amide bonds. The molecular formula is C10H20MgO4. The molecule has 0 saturated heterocycles. The van der Waals surface area contributed by atoms with Crippen molar-refractivity contribution in [3.8, 4) is 0 Å². The molecule has 0 fully saturated rings. The average Bonchev–Trinajstić information content (AvgIpc) is 2.03. The molecule has 0 rings (SSSR count). The van der Waals surface area contributed by atoms with E-state index in [9.17, 15) is 9.59 Å². The van der Waals surface area contributed by atoms with Crippen LogP contribution in [0, 0.1) is 11.3 Å².